The summed E-state index contributed by atoms with van der Waals surface area (Å²) in [7, 11) is 1.85. The van der Waals surface area contributed by atoms with Gasteiger partial charge in [0.1, 0.15) is 5.82 Å². The third-order valence-electron chi connectivity index (χ3n) is 5.26. The van der Waals surface area contributed by atoms with Gasteiger partial charge >= 0.3 is 0 Å². The maximum atomic E-state index is 13.0. The van der Waals surface area contributed by atoms with Crippen LogP contribution in [0.2, 0.25) is 0 Å². The first-order valence-electron chi connectivity index (χ1n) is 9.46. The molecule has 6 nitrogen and oxygen atoms in total. The van der Waals surface area contributed by atoms with E-state index in [0.717, 1.165) is 37.4 Å². The Balaban J connectivity index is 1.51. The number of nitrogens with zero attached hydrogens (tertiary/aromatic N) is 5. The van der Waals surface area contributed by atoms with Gasteiger partial charge in [0.15, 0.2) is 0 Å². The fourth-order valence-corrected chi connectivity index (χ4v) is 3.95. The summed E-state index contributed by atoms with van der Waals surface area (Å²) in [4.78, 5) is 19.6. The molecular weight excluding hydrogens is 338 g/mol. The summed E-state index contributed by atoms with van der Waals surface area (Å²) in [6.07, 6.45) is 7.77. The summed E-state index contributed by atoms with van der Waals surface area (Å²) in [5.41, 5.74) is 2.74. The van der Waals surface area contributed by atoms with Gasteiger partial charge in [0.2, 0.25) is 0 Å². The third-order valence-corrected chi connectivity index (χ3v) is 5.26. The minimum absolute atomic E-state index is 0.0754. The summed E-state index contributed by atoms with van der Waals surface area (Å²) in [5, 5.41) is 4.31. The molecule has 0 aliphatic carbocycles. The maximum Gasteiger partial charge on any atom is 0.257 e. The van der Waals surface area contributed by atoms with E-state index in [1.54, 1.807) is 4.68 Å². The summed E-state index contributed by atoms with van der Waals surface area (Å²) >= 11 is 0. The van der Waals surface area contributed by atoms with Gasteiger partial charge in [0.25, 0.3) is 5.91 Å². The molecular formula is C21H25N5O. The van der Waals surface area contributed by atoms with Crippen LogP contribution in [-0.4, -0.2) is 43.2 Å². The zero-order valence-electron chi connectivity index (χ0n) is 15.9. The lowest BCUT2D eigenvalue weighted by atomic mass is 9.96. The average Bonchev–Trinajstić information content (AvgIpc) is 3.28. The van der Waals surface area contributed by atoms with Crippen LogP contribution in [0, 0.1) is 6.92 Å². The molecule has 1 aromatic carbocycles. The zero-order valence-corrected chi connectivity index (χ0v) is 15.9. The maximum absolute atomic E-state index is 13.0. The first kappa shape index (κ1) is 17.5. The van der Waals surface area contributed by atoms with Gasteiger partial charge < -0.3 is 9.47 Å². The molecule has 3 heterocycles. The Morgan fingerprint density at radius 3 is 2.81 bits per heavy atom. The monoisotopic (exact) mass is 363 g/mol. The SMILES string of the molecule is Cc1nn(C)cc1C(=O)N1CCC[C@@H](c2nccn2Cc2ccccc2)C1. The Labute approximate surface area is 159 Å². The number of hydrogen-bond acceptors (Lipinski definition) is 3. The Kier molecular flexibility index (Phi) is 4.79. The molecule has 0 N–H and O–H groups in total. The van der Waals surface area contributed by atoms with Crippen molar-refractivity contribution in [1.82, 2.24) is 24.2 Å². The molecule has 1 aliphatic rings. The van der Waals surface area contributed by atoms with Crippen molar-refractivity contribution in [2.45, 2.75) is 32.2 Å². The van der Waals surface area contributed by atoms with Gasteiger partial charge in [-0.25, -0.2) is 4.98 Å². The number of rotatable bonds is 4. The molecule has 2 aromatic heterocycles. The van der Waals surface area contributed by atoms with Crippen LogP contribution in [0.25, 0.3) is 0 Å². The number of amides is 1. The standard InChI is InChI=1S/C21H25N5O/c1-16-19(15-24(2)23-16)21(27)26-11-6-9-18(14-26)20-22-10-12-25(20)13-17-7-4-3-5-8-17/h3-5,7-8,10,12,15,18H,6,9,11,13-14H2,1-2H3/t18-/m1/s1. The van der Waals surface area contributed by atoms with Crippen molar-refractivity contribution in [2.75, 3.05) is 13.1 Å². The van der Waals surface area contributed by atoms with Crippen molar-refractivity contribution < 1.29 is 4.79 Å². The number of carbonyl (C=O) groups excluding carboxylic acids is 1. The lowest BCUT2D eigenvalue weighted by Crippen LogP contribution is -2.40. The molecule has 3 aromatic rings. The first-order chi connectivity index (χ1) is 13.1. The molecule has 1 saturated heterocycles. The number of benzene rings is 1. The fraction of sp³-hybridized carbons (Fsp3) is 0.381. The number of piperidine rings is 1. The summed E-state index contributed by atoms with van der Waals surface area (Å²) in [6, 6.07) is 10.4. The van der Waals surface area contributed by atoms with E-state index in [1.165, 1.54) is 5.56 Å². The topological polar surface area (TPSA) is 56.0 Å². The molecule has 0 unspecified atom stereocenters. The van der Waals surface area contributed by atoms with E-state index < -0.39 is 0 Å². The van der Waals surface area contributed by atoms with E-state index in [4.69, 9.17) is 0 Å². The molecule has 140 valence electrons. The molecule has 1 amide bonds. The Bertz CT molecular complexity index is 927. The third kappa shape index (κ3) is 3.65. The second kappa shape index (κ2) is 7.39. The second-order valence-electron chi connectivity index (χ2n) is 7.29. The van der Waals surface area contributed by atoms with Gasteiger partial charge in [0.05, 0.1) is 11.3 Å². The normalized spacial score (nSPS) is 17.3. The molecule has 0 spiro atoms. The quantitative estimate of drug-likeness (QED) is 0.716. The number of aromatic nitrogens is 4. The highest BCUT2D eigenvalue weighted by Crippen LogP contribution is 2.27. The van der Waals surface area contributed by atoms with Crippen molar-refractivity contribution in [3.8, 4) is 0 Å². The summed E-state index contributed by atoms with van der Waals surface area (Å²) < 4.78 is 3.92. The Hall–Kier alpha value is -2.89. The molecule has 1 atom stereocenters. The molecule has 0 bridgehead atoms. The van der Waals surface area contributed by atoms with E-state index in [0.29, 0.717) is 12.1 Å². The van der Waals surface area contributed by atoms with Crippen LogP contribution in [0.15, 0.2) is 48.9 Å². The van der Waals surface area contributed by atoms with Crippen LogP contribution in [0.3, 0.4) is 0 Å². The molecule has 4 rings (SSSR count). The molecule has 0 radical (unpaired) electrons. The van der Waals surface area contributed by atoms with Crippen LogP contribution in [0.4, 0.5) is 0 Å². The first-order valence-corrected chi connectivity index (χ1v) is 9.46. The lowest BCUT2D eigenvalue weighted by Gasteiger charge is -2.32. The van der Waals surface area contributed by atoms with Crippen molar-refractivity contribution in [1.29, 1.82) is 0 Å². The number of likely N-dealkylation sites (tertiary alicyclic amines) is 1. The van der Waals surface area contributed by atoms with Crippen LogP contribution >= 0.6 is 0 Å². The van der Waals surface area contributed by atoms with Gasteiger partial charge in [-0.05, 0) is 25.3 Å². The second-order valence-corrected chi connectivity index (χ2v) is 7.29. The van der Waals surface area contributed by atoms with Crippen molar-refractivity contribution >= 4 is 5.91 Å². The van der Waals surface area contributed by atoms with Gasteiger partial charge in [-0.15, -0.1) is 0 Å². The van der Waals surface area contributed by atoms with Crippen LogP contribution < -0.4 is 0 Å². The van der Waals surface area contributed by atoms with Gasteiger partial charge in [-0.2, -0.15) is 5.10 Å². The predicted octanol–water partition coefficient (Wildman–Crippen LogP) is 2.99. The predicted molar refractivity (Wildman–Crippen MR) is 104 cm³/mol. The minimum atomic E-state index is 0.0754. The average molecular weight is 363 g/mol. The fourth-order valence-electron chi connectivity index (χ4n) is 3.95. The molecule has 1 fully saturated rings. The number of carbonyl (C=O) groups is 1. The molecule has 1 aliphatic heterocycles. The minimum Gasteiger partial charge on any atom is -0.338 e. The highest BCUT2D eigenvalue weighted by Gasteiger charge is 2.29. The van der Waals surface area contributed by atoms with Gasteiger partial charge in [-0.3, -0.25) is 9.48 Å². The number of hydrogen-bond donors (Lipinski definition) is 0. The molecule has 6 heteroatoms. The summed E-state index contributed by atoms with van der Waals surface area (Å²) in [5.74, 6) is 1.41. The van der Waals surface area contributed by atoms with Crippen molar-refractivity contribution in [3.05, 3.63) is 71.6 Å². The van der Waals surface area contributed by atoms with E-state index in [-0.39, 0.29) is 11.8 Å². The largest absolute Gasteiger partial charge is 0.338 e. The lowest BCUT2D eigenvalue weighted by molar-refractivity contribution is 0.0702. The smallest absolute Gasteiger partial charge is 0.257 e. The Morgan fingerprint density at radius 2 is 2.07 bits per heavy atom. The van der Waals surface area contributed by atoms with E-state index in [1.807, 2.05) is 43.5 Å². The van der Waals surface area contributed by atoms with Crippen molar-refractivity contribution in [3.63, 3.8) is 0 Å². The molecule has 0 saturated carbocycles. The Morgan fingerprint density at radius 1 is 1.26 bits per heavy atom. The summed E-state index contributed by atoms with van der Waals surface area (Å²) in [6.45, 7) is 4.20. The van der Waals surface area contributed by atoms with E-state index in [2.05, 4.69) is 38.9 Å². The van der Waals surface area contributed by atoms with Crippen LogP contribution in [0.5, 0.6) is 0 Å². The highest BCUT2D eigenvalue weighted by molar-refractivity contribution is 5.95. The van der Waals surface area contributed by atoms with Gasteiger partial charge in [-0.1, -0.05) is 30.3 Å². The van der Waals surface area contributed by atoms with E-state index in [9.17, 15) is 4.79 Å². The number of aryl methyl sites for hydroxylation is 2. The van der Waals surface area contributed by atoms with Crippen LogP contribution in [-0.2, 0) is 13.6 Å². The molecule has 27 heavy (non-hydrogen) atoms. The highest BCUT2D eigenvalue weighted by atomic mass is 16.2. The zero-order chi connectivity index (χ0) is 18.8. The van der Waals surface area contributed by atoms with Crippen molar-refractivity contribution in [2.24, 2.45) is 7.05 Å². The van der Waals surface area contributed by atoms with Gasteiger partial charge in [0, 0.05) is 51.2 Å². The van der Waals surface area contributed by atoms with Crippen LogP contribution in [0.1, 0.15) is 46.2 Å². The number of imidazole rings is 1. The van der Waals surface area contributed by atoms with E-state index >= 15 is 0 Å².